The monoisotopic (exact) mass is 356 g/mol. The molecule has 0 N–H and O–H groups in total. The third-order valence-electron chi connectivity index (χ3n) is 10.3. The van der Waals surface area contributed by atoms with Crippen LogP contribution >= 0.6 is 0 Å². The van der Waals surface area contributed by atoms with Crippen LogP contribution in [0.1, 0.15) is 110 Å². The van der Waals surface area contributed by atoms with Crippen molar-refractivity contribution in [2.75, 3.05) is 0 Å². The second-order valence-corrected chi connectivity index (χ2v) is 11.4. The van der Waals surface area contributed by atoms with Gasteiger partial charge in [0.25, 0.3) is 0 Å². The summed E-state index contributed by atoms with van der Waals surface area (Å²) in [5.74, 6) is 10.2. The minimum atomic E-state index is 1.02. The Morgan fingerprint density at radius 3 is 1.15 bits per heavy atom. The Morgan fingerprint density at radius 2 is 0.731 bits per heavy atom. The molecular weight excluding hydrogens is 312 g/mol. The van der Waals surface area contributed by atoms with E-state index in [0.29, 0.717) is 0 Å². The molecule has 0 saturated heterocycles. The van der Waals surface area contributed by atoms with Crippen LogP contribution in [0.2, 0.25) is 0 Å². The quantitative estimate of drug-likeness (QED) is 0.472. The predicted molar refractivity (Wildman–Crippen MR) is 111 cm³/mol. The van der Waals surface area contributed by atoms with Crippen molar-refractivity contribution in [3.63, 3.8) is 0 Å². The number of fused-ring (bicyclic) bond motifs is 2. The molecule has 0 aromatic rings. The fourth-order valence-electron chi connectivity index (χ4n) is 9.33. The summed E-state index contributed by atoms with van der Waals surface area (Å²) in [6.07, 6.45) is 25.3. The predicted octanol–water partition coefficient (Wildman–Crippen LogP) is 7.86. The van der Waals surface area contributed by atoms with Gasteiger partial charge in [-0.1, -0.05) is 71.1 Å². The Hall–Kier alpha value is 0. The van der Waals surface area contributed by atoms with Gasteiger partial charge in [0.05, 0.1) is 0 Å². The van der Waals surface area contributed by atoms with Gasteiger partial charge in [-0.05, 0) is 91.8 Å². The highest BCUT2D eigenvalue weighted by atomic mass is 14.6. The zero-order valence-corrected chi connectivity index (χ0v) is 17.5. The van der Waals surface area contributed by atoms with Gasteiger partial charge in [-0.3, -0.25) is 0 Å². The van der Waals surface area contributed by atoms with Crippen LogP contribution in [0.4, 0.5) is 0 Å². The van der Waals surface area contributed by atoms with Crippen molar-refractivity contribution in [2.24, 2.45) is 53.3 Å². The Morgan fingerprint density at radius 1 is 0.385 bits per heavy atom. The van der Waals surface area contributed by atoms with Crippen LogP contribution in [0, 0.1) is 53.3 Å². The molecule has 0 heteroatoms. The summed E-state index contributed by atoms with van der Waals surface area (Å²) in [7, 11) is 0. The van der Waals surface area contributed by atoms with Crippen LogP contribution in [0.3, 0.4) is 0 Å². The minimum absolute atomic E-state index is 1.02. The van der Waals surface area contributed by atoms with E-state index in [2.05, 4.69) is 6.92 Å². The van der Waals surface area contributed by atoms with Crippen molar-refractivity contribution in [3.8, 4) is 0 Å². The SMILES string of the molecule is CC1CCC(C2C3CCCCC3C(C3CCCC3)C3CCCCC32)CC1. The maximum atomic E-state index is 2.51. The molecule has 0 bridgehead atoms. The van der Waals surface area contributed by atoms with Crippen LogP contribution in [0.15, 0.2) is 0 Å². The first kappa shape index (κ1) is 18.1. The molecule has 0 aromatic carbocycles. The largest absolute Gasteiger partial charge is 0.0625 e. The van der Waals surface area contributed by atoms with Crippen LogP contribution in [-0.4, -0.2) is 0 Å². The van der Waals surface area contributed by atoms with E-state index in [1.165, 1.54) is 0 Å². The molecule has 0 amide bonds. The third kappa shape index (κ3) is 3.20. The van der Waals surface area contributed by atoms with Crippen molar-refractivity contribution < 1.29 is 0 Å². The first-order valence-corrected chi connectivity index (χ1v) is 12.8. The van der Waals surface area contributed by atoms with Crippen molar-refractivity contribution in [1.82, 2.24) is 0 Å². The average Bonchev–Trinajstić information content (AvgIpc) is 3.21. The summed E-state index contributed by atoms with van der Waals surface area (Å²) in [5.41, 5.74) is 0. The summed E-state index contributed by atoms with van der Waals surface area (Å²) in [5, 5.41) is 0. The van der Waals surface area contributed by atoms with Gasteiger partial charge in [-0.25, -0.2) is 0 Å². The van der Waals surface area contributed by atoms with E-state index in [1.807, 2.05) is 0 Å². The standard InChI is InChI=1S/C26H44/c1-18-14-16-20(17-15-18)26-23-12-6-4-10-21(23)25(19-8-2-3-9-19)22-11-5-7-13-24(22)26/h18-26H,2-17H2,1H3. The van der Waals surface area contributed by atoms with Gasteiger partial charge in [0.2, 0.25) is 0 Å². The number of hydrogen-bond donors (Lipinski definition) is 0. The first-order valence-electron chi connectivity index (χ1n) is 12.8. The van der Waals surface area contributed by atoms with Gasteiger partial charge in [0, 0.05) is 0 Å². The molecule has 0 spiro atoms. The second-order valence-electron chi connectivity index (χ2n) is 11.4. The maximum absolute atomic E-state index is 2.51. The topological polar surface area (TPSA) is 0 Å². The van der Waals surface area contributed by atoms with Crippen LogP contribution < -0.4 is 0 Å². The second kappa shape index (κ2) is 7.79. The van der Waals surface area contributed by atoms with E-state index in [-0.39, 0.29) is 0 Å². The van der Waals surface area contributed by atoms with Gasteiger partial charge in [0.15, 0.2) is 0 Å². The number of hydrogen-bond acceptors (Lipinski definition) is 0. The summed E-state index contributed by atoms with van der Waals surface area (Å²) >= 11 is 0. The summed E-state index contributed by atoms with van der Waals surface area (Å²) < 4.78 is 0. The highest BCUT2D eigenvalue weighted by molar-refractivity contribution is 5.03. The van der Waals surface area contributed by atoms with E-state index in [9.17, 15) is 0 Å². The van der Waals surface area contributed by atoms with E-state index in [0.717, 1.165) is 53.3 Å². The third-order valence-corrected chi connectivity index (χ3v) is 10.3. The molecule has 0 nitrogen and oxygen atoms in total. The molecular formula is C26H44. The molecule has 5 saturated carbocycles. The molecule has 5 fully saturated rings. The van der Waals surface area contributed by atoms with Crippen molar-refractivity contribution in [2.45, 2.75) is 110 Å². The highest BCUT2D eigenvalue weighted by Crippen LogP contribution is 2.62. The molecule has 0 aliphatic heterocycles. The van der Waals surface area contributed by atoms with Gasteiger partial charge < -0.3 is 0 Å². The molecule has 4 atom stereocenters. The molecule has 5 aliphatic carbocycles. The average molecular weight is 357 g/mol. The Balaban J connectivity index is 1.45. The van der Waals surface area contributed by atoms with E-state index in [4.69, 9.17) is 0 Å². The Kier molecular flexibility index (Phi) is 5.41. The van der Waals surface area contributed by atoms with Crippen molar-refractivity contribution >= 4 is 0 Å². The maximum Gasteiger partial charge on any atom is -0.0323 e. The smallest absolute Gasteiger partial charge is 0.0323 e. The summed E-state index contributed by atoms with van der Waals surface area (Å²) in [6.45, 7) is 2.51. The van der Waals surface area contributed by atoms with Gasteiger partial charge >= 0.3 is 0 Å². The fraction of sp³-hybridized carbons (Fsp3) is 1.00. The van der Waals surface area contributed by atoms with Gasteiger partial charge in [-0.2, -0.15) is 0 Å². The van der Waals surface area contributed by atoms with E-state index >= 15 is 0 Å². The lowest BCUT2D eigenvalue weighted by molar-refractivity contribution is -0.108. The molecule has 0 aromatic heterocycles. The van der Waals surface area contributed by atoms with Gasteiger partial charge in [-0.15, -0.1) is 0 Å². The molecule has 0 heterocycles. The Labute approximate surface area is 163 Å². The molecule has 4 unspecified atom stereocenters. The normalized spacial score (nSPS) is 50.2. The molecule has 26 heavy (non-hydrogen) atoms. The lowest BCUT2D eigenvalue weighted by Crippen LogP contribution is -2.53. The molecule has 5 aliphatic rings. The van der Waals surface area contributed by atoms with Crippen molar-refractivity contribution in [3.05, 3.63) is 0 Å². The van der Waals surface area contributed by atoms with Crippen LogP contribution in [-0.2, 0) is 0 Å². The van der Waals surface area contributed by atoms with Crippen molar-refractivity contribution in [1.29, 1.82) is 0 Å². The van der Waals surface area contributed by atoms with E-state index in [1.54, 1.807) is 103 Å². The fourth-order valence-corrected chi connectivity index (χ4v) is 9.33. The van der Waals surface area contributed by atoms with E-state index < -0.39 is 0 Å². The summed E-state index contributed by atoms with van der Waals surface area (Å²) in [4.78, 5) is 0. The highest BCUT2D eigenvalue weighted by Gasteiger charge is 2.54. The summed E-state index contributed by atoms with van der Waals surface area (Å²) in [6, 6.07) is 0. The molecule has 0 radical (unpaired) electrons. The van der Waals surface area contributed by atoms with Gasteiger partial charge in [0.1, 0.15) is 0 Å². The molecule has 148 valence electrons. The zero-order valence-electron chi connectivity index (χ0n) is 17.5. The first-order chi connectivity index (χ1) is 12.8. The lowest BCUT2D eigenvalue weighted by atomic mass is 9.46. The number of rotatable bonds is 2. The van der Waals surface area contributed by atoms with Crippen LogP contribution in [0.25, 0.3) is 0 Å². The zero-order chi connectivity index (χ0) is 17.5. The minimum Gasteiger partial charge on any atom is -0.0625 e. The molecule has 5 rings (SSSR count). The Bertz CT molecular complexity index is 429. The van der Waals surface area contributed by atoms with Crippen LogP contribution in [0.5, 0.6) is 0 Å². The lowest BCUT2D eigenvalue weighted by Gasteiger charge is -2.59.